The van der Waals surface area contributed by atoms with Crippen molar-refractivity contribution in [1.29, 1.82) is 0 Å². The largest absolute Gasteiger partial charge is 0.394 e. The standard InChI is InChI=1S/C15H23N3O2S/c1-11(20)18-14-3-4-17(8-13-6-16-10-21-13)7-12(14)5-15(18,2)9-19/h6,10,12,14,19H,3-5,7-9H2,1-2H3/t12-,14-,15+/m0/s1. The minimum atomic E-state index is -0.387. The number of nitrogens with zero attached hydrogens (tertiary/aromatic N) is 3. The van der Waals surface area contributed by atoms with Crippen molar-refractivity contribution >= 4 is 17.2 Å². The molecule has 2 saturated heterocycles. The van der Waals surface area contributed by atoms with Gasteiger partial charge in [0.25, 0.3) is 0 Å². The number of aliphatic hydroxyl groups is 1. The van der Waals surface area contributed by atoms with Crippen LogP contribution in [0.1, 0.15) is 31.6 Å². The van der Waals surface area contributed by atoms with E-state index in [4.69, 9.17) is 0 Å². The number of amides is 1. The van der Waals surface area contributed by atoms with Crippen molar-refractivity contribution in [3.05, 3.63) is 16.6 Å². The summed E-state index contributed by atoms with van der Waals surface area (Å²) in [5, 5.41) is 9.75. The SMILES string of the molecule is CC(=O)N1[C@H]2CCN(Cc3cncs3)C[C@@H]2C[C@]1(C)CO. The van der Waals surface area contributed by atoms with Crippen LogP contribution in [0, 0.1) is 5.92 Å². The zero-order chi connectivity index (χ0) is 15.0. The molecule has 0 unspecified atom stereocenters. The van der Waals surface area contributed by atoms with E-state index in [2.05, 4.69) is 9.88 Å². The van der Waals surface area contributed by atoms with Gasteiger partial charge in [0.1, 0.15) is 0 Å². The summed E-state index contributed by atoms with van der Waals surface area (Å²) < 4.78 is 0. The van der Waals surface area contributed by atoms with Crippen LogP contribution in [0.5, 0.6) is 0 Å². The number of fused-ring (bicyclic) bond motifs is 1. The van der Waals surface area contributed by atoms with E-state index in [9.17, 15) is 9.90 Å². The average molecular weight is 309 g/mol. The number of piperidine rings is 1. The van der Waals surface area contributed by atoms with Gasteiger partial charge in [-0.15, -0.1) is 11.3 Å². The Labute approximate surface area is 129 Å². The summed E-state index contributed by atoms with van der Waals surface area (Å²) in [6, 6.07) is 0.289. The summed E-state index contributed by atoms with van der Waals surface area (Å²) in [6.07, 6.45) is 3.83. The quantitative estimate of drug-likeness (QED) is 0.915. The Morgan fingerprint density at radius 3 is 3.05 bits per heavy atom. The second kappa shape index (κ2) is 5.66. The van der Waals surface area contributed by atoms with E-state index < -0.39 is 0 Å². The molecule has 1 aromatic heterocycles. The Balaban J connectivity index is 1.71. The first-order valence-electron chi connectivity index (χ1n) is 7.54. The molecule has 0 radical (unpaired) electrons. The fourth-order valence-corrected chi connectivity index (χ4v) is 4.77. The van der Waals surface area contributed by atoms with Gasteiger partial charge in [0.15, 0.2) is 0 Å². The maximum Gasteiger partial charge on any atom is 0.220 e. The second-order valence-electron chi connectivity index (χ2n) is 6.57. The third kappa shape index (κ3) is 2.72. The van der Waals surface area contributed by atoms with Gasteiger partial charge in [-0.1, -0.05) is 0 Å². The Kier molecular flexibility index (Phi) is 4.03. The molecule has 0 saturated carbocycles. The van der Waals surface area contributed by atoms with Crippen LogP contribution in [0.2, 0.25) is 0 Å². The van der Waals surface area contributed by atoms with Crippen molar-refractivity contribution in [2.45, 2.75) is 44.8 Å². The minimum Gasteiger partial charge on any atom is -0.394 e. The zero-order valence-corrected chi connectivity index (χ0v) is 13.5. The van der Waals surface area contributed by atoms with E-state index in [1.54, 1.807) is 18.3 Å². The van der Waals surface area contributed by atoms with Crippen molar-refractivity contribution in [3.63, 3.8) is 0 Å². The lowest BCUT2D eigenvalue weighted by atomic mass is 9.89. The molecule has 1 amide bonds. The lowest BCUT2D eigenvalue weighted by Crippen LogP contribution is -2.52. The van der Waals surface area contributed by atoms with Crippen LogP contribution in [0.4, 0.5) is 0 Å². The Bertz CT molecular complexity index is 507. The molecule has 2 aliphatic heterocycles. The molecule has 3 rings (SSSR count). The molecule has 5 nitrogen and oxygen atoms in total. The Morgan fingerprint density at radius 1 is 1.62 bits per heavy atom. The van der Waals surface area contributed by atoms with Crippen molar-refractivity contribution in [1.82, 2.24) is 14.8 Å². The normalized spacial score (nSPS) is 33.2. The highest BCUT2D eigenvalue weighted by Gasteiger charge is 2.51. The van der Waals surface area contributed by atoms with Crippen LogP contribution in [0.15, 0.2) is 11.7 Å². The van der Waals surface area contributed by atoms with Gasteiger partial charge in [0.2, 0.25) is 5.91 Å². The summed E-state index contributed by atoms with van der Waals surface area (Å²) in [6.45, 7) is 6.64. The molecule has 116 valence electrons. The van der Waals surface area contributed by atoms with Gasteiger partial charge in [-0.2, -0.15) is 0 Å². The summed E-state index contributed by atoms with van der Waals surface area (Å²) in [5.74, 6) is 0.558. The van der Waals surface area contributed by atoms with Crippen LogP contribution in [0.3, 0.4) is 0 Å². The number of carbonyl (C=O) groups is 1. The summed E-state index contributed by atoms with van der Waals surface area (Å²) in [7, 11) is 0. The van der Waals surface area contributed by atoms with Crippen LogP contribution in [-0.2, 0) is 11.3 Å². The number of carbonyl (C=O) groups excluding carboxylic acids is 1. The summed E-state index contributed by atoms with van der Waals surface area (Å²) >= 11 is 1.69. The van der Waals surface area contributed by atoms with E-state index >= 15 is 0 Å². The van der Waals surface area contributed by atoms with E-state index in [1.807, 2.05) is 23.5 Å². The van der Waals surface area contributed by atoms with Crippen LogP contribution < -0.4 is 0 Å². The molecule has 0 aliphatic carbocycles. The van der Waals surface area contributed by atoms with Crippen molar-refractivity contribution < 1.29 is 9.90 Å². The third-order valence-electron chi connectivity index (χ3n) is 4.94. The molecule has 0 bridgehead atoms. The van der Waals surface area contributed by atoms with Crippen LogP contribution in [0.25, 0.3) is 0 Å². The molecular weight excluding hydrogens is 286 g/mol. The van der Waals surface area contributed by atoms with Gasteiger partial charge in [-0.05, 0) is 25.7 Å². The fourth-order valence-electron chi connectivity index (χ4n) is 4.14. The second-order valence-corrected chi connectivity index (χ2v) is 7.54. The van der Waals surface area contributed by atoms with Gasteiger partial charge in [0, 0.05) is 43.7 Å². The zero-order valence-electron chi connectivity index (χ0n) is 12.7. The molecule has 1 aromatic rings. The van der Waals surface area contributed by atoms with Gasteiger partial charge in [-0.25, -0.2) is 0 Å². The Hall–Kier alpha value is -0.980. The van der Waals surface area contributed by atoms with Gasteiger partial charge in [0.05, 0.1) is 17.7 Å². The first-order valence-corrected chi connectivity index (χ1v) is 8.42. The van der Waals surface area contributed by atoms with E-state index in [0.717, 1.165) is 32.5 Å². The first kappa shape index (κ1) is 14.9. The lowest BCUT2D eigenvalue weighted by molar-refractivity contribution is -0.137. The van der Waals surface area contributed by atoms with Gasteiger partial charge < -0.3 is 10.0 Å². The number of likely N-dealkylation sites (tertiary alicyclic amines) is 2. The molecule has 3 heterocycles. The van der Waals surface area contributed by atoms with Crippen molar-refractivity contribution in [2.75, 3.05) is 19.7 Å². The van der Waals surface area contributed by atoms with Gasteiger partial charge >= 0.3 is 0 Å². The summed E-state index contributed by atoms with van der Waals surface area (Å²) in [5.41, 5.74) is 1.49. The molecule has 0 spiro atoms. The highest BCUT2D eigenvalue weighted by atomic mass is 32.1. The molecule has 2 aliphatic rings. The van der Waals surface area contributed by atoms with Crippen molar-refractivity contribution in [3.8, 4) is 0 Å². The number of aliphatic hydroxyl groups excluding tert-OH is 1. The lowest BCUT2D eigenvalue weighted by Gasteiger charge is -2.40. The number of hydrogen-bond acceptors (Lipinski definition) is 5. The van der Waals surface area contributed by atoms with Crippen molar-refractivity contribution in [2.24, 2.45) is 5.92 Å². The highest BCUT2D eigenvalue weighted by molar-refractivity contribution is 7.09. The molecule has 0 aromatic carbocycles. The molecule has 2 fully saturated rings. The molecule has 6 heteroatoms. The molecule has 21 heavy (non-hydrogen) atoms. The number of rotatable bonds is 3. The first-order chi connectivity index (χ1) is 10.0. The Morgan fingerprint density at radius 2 is 2.43 bits per heavy atom. The molecule has 1 N–H and O–H groups in total. The number of hydrogen-bond donors (Lipinski definition) is 1. The maximum absolute atomic E-state index is 12.0. The predicted molar refractivity (Wildman–Crippen MR) is 81.9 cm³/mol. The van der Waals surface area contributed by atoms with E-state index in [1.165, 1.54) is 4.88 Å². The van der Waals surface area contributed by atoms with Crippen LogP contribution >= 0.6 is 11.3 Å². The average Bonchev–Trinajstić information content (AvgIpc) is 3.03. The number of aromatic nitrogens is 1. The monoisotopic (exact) mass is 309 g/mol. The van der Waals surface area contributed by atoms with Crippen LogP contribution in [-0.4, -0.2) is 57.1 Å². The predicted octanol–water partition coefficient (Wildman–Crippen LogP) is 1.34. The molecular formula is C15H23N3O2S. The van der Waals surface area contributed by atoms with E-state index in [-0.39, 0.29) is 24.1 Å². The summed E-state index contributed by atoms with van der Waals surface area (Å²) in [4.78, 5) is 21.8. The minimum absolute atomic E-state index is 0.0500. The van der Waals surface area contributed by atoms with E-state index in [0.29, 0.717) is 5.92 Å². The maximum atomic E-state index is 12.0. The fraction of sp³-hybridized carbons (Fsp3) is 0.733. The third-order valence-corrected chi connectivity index (χ3v) is 5.70. The molecule has 3 atom stereocenters. The number of thiazole rings is 1. The van der Waals surface area contributed by atoms with Gasteiger partial charge in [-0.3, -0.25) is 14.7 Å². The smallest absolute Gasteiger partial charge is 0.220 e. The highest BCUT2D eigenvalue weighted by Crippen LogP contribution is 2.42. The topological polar surface area (TPSA) is 56.7 Å².